The van der Waals surface area contributed by atoms with E-state index in [1.54, 1.807) is 18.2 Å². The lowest BCUT2D eigenvalue weighted by molar-refractivity contribution is -0.151. The van der Waals surface area contributed by atoms with E-state index in [1.165, 1.54) is 17.8 Å². The predicted molar refractivity (Wildman–Crippen MR) is 85.7 cm³/mol. The predicted octanol–water partition coefficient (Wildman–Crippen LogP) is 3.68. The van der Waals surface area contributed by atoms with E-state index in [9.17, 15) is 9.18 Å². The highest BCUT2D eigenvalue weighted by Gasteiger charge is 2.24. The summed E-state index contributed by atoms with van der Waals surface area (Å²) in [5.41, 5.74) is 6.12. The number of ether oxygens (including phenoxy) is 1. The molecule has 1 aromatic carbocycles. The zero-order valence-electron chi connectivity index (χ0n) is 13.1. The van der Waals surface area contributed by atoms with E-state index in [1.807, 2.05) is 27.7 Å². The largest absolute Gasteiger partial charge is 0.459 e. The van der Waals surface area contributed by atoms with Gasteiger partial charge in [0.05, 0.1) is 5.75 Å². The fourth-order valence-electron chi connectivity index (χ4n) is 1.89. The first-order valence-corrected chi connectivity index (χ1v) is 8.13. The van der Waals surface area contributed by atoms with E-state index in [0.717, 1.165) is 0 Å². The average molecular weight is 313 g/mol. The van der Waals surface area contributed by atoms with Crippen molar-refractivity contribution in [3.05, 3.63) is 35.6 Å². The van der Waals surface area contributed by atoms with Gasteiger partial charge in [-0.1, -0.05) is 25.1 Å². The first-order valence-electron chi connectivity index (χ1n) is 7.08. The Morgan fingerprint density at radius 1 is 1.38 bits per heavy atom. The van der Waals surface area contributed by atoms with Crippen LogP contribution >= 0.6 is 11.8 Å². The van der Waals surface area contributed by atoms with E-state index in [4.69, 9.17) is 10.5 Å². The summed E-state index contributed by atoms with van der Waals surface area (Å²) in [6, 6.07) is 6.35. The number of rotatable bonds is 6. The highest BCUT2D eigenvalue weighted by Crippen LogP contribution is 2.34. The van der Waals surface area contributed by atoms with Crippen LogP contribution in [0, 0.1) is 5.82 Å². The normalized spacial score (nSPS) is 14.6. The molecule has 0 aliphatic carbocycles. The minimum Gasteiger partial charge on any atom is -0.459 e. The van der Waals surface area contributed by atoms with Crippen molar-refractivity contribution in [3.8, 4) is 0 Å². The van der Waals surface area contributed by atoms with Crippen LogP contribution in [0.15, 0.2) is 24.3 Å². The topological polar surface area (TPSA) is 52.3 Å². The second-order valence-electron chi connectivity index (χ2n) is 5.91. The SMILES string of the molecule is CCC(N)C(SCC(=O)OC(C)(C)C)c1ccccc1F. The minimum absolute atomic E-state index is 0.157. The third kappa shape index (κ3) is 6.06. The Bertz CT molecular complexity index is 474. The molecule has 2 N–H and O–H groups in total. The molecule has 0 bridgehead atoms. The molecule has 2 atom stereocenters. The second kappa shape index (κ2) is 7.80. The zero-order chi connectivity index (χ0) is 16.0. The smallest absolute Gasteiger partial charge is 0.316 e. The standard InChI is InChI=1S/C16H24FNO2S/c1-5-13(18)15(11-8-6-7-9-12(11)17)21-10-14(19)20-16(2,3)4/h6-9,13,15H,5,10,18H2,1-4H3. The van der Waals surface area contributed by atoms with Crippen LogP contribution in [0.4, 0.5) is 4.39 Å². The number of carbonyl (C=O) groups is 1. The molecule has 0 aromatic heterocycles. The van der Waals surface area contributed by atoms with Crippen molar-refractivity contribution in [3.63, 3.8) is 0 Å². The summed E-state index contributed by atoms with van der Waals surface area (Å²) in [5.74, 6) is -0.440. The van der Waals surface area contributed by atoms with E-state index < -0.39 is 5.60 Å². The van der Waals surface area contributed by atoms with Gasteiger partial charge in [0.25, 0.3) is 0 Å². The molecule has 1 rings (SSSR count). The maximum absolute atomic E-state index is 13.9. The van der Waals surface area contributed by atoms with Crippen molar-refractivity contribution in [1.29, 1.82) is 0 Å². The molecule has 0 saturated heterocycles. The highest BCUT2D eigenvalue weighted by atomic mass is 32.2. The third-order valence-electron chi connectivity index (χ3n) is 2.87. The molecule has 0 fully saturated rings. The van der Waals surface area contributed by atoms with Crippen LogP contribution in [0.25, 0.3) is 0 Å². The van der Waals surface area contributed by atoms with Crippen LogP contribution in [0.2, 0.25) is 0 Å². The van der Waals surface area contributed by atoms with Crippen molar-refractivity contribution >= 4 is 17.7 Å². The summed E-state index contributed by atoms with van der Waals surface area (Å²) in [4.78, 5) is 11.8. The summed E-state index contributed by atoms with van der Waals surface area (Å²) in [6.45, 7) is 7.41. The Kier molecular flexibility index (Phi) is 6.68. The Morgan fingerprint density at radius 2 is 2.00 bits per heavy atom. The van der Waals surface area contributed by atoms with Crippen molar-refractivity contribution in [2.75, 3.05) is 5.75 Å². The summed E-state index contributed by atoms with van der Waals surface area (Å²) < 4.78 is 19.2. The lowest BCUT2D eigenvalue weighted by atomic mass is 10.0. The van der Waals surface area contributed by atoms with Crippen molar-refractivity contribution < 1.29 is 13.9 Å². The van der Waals surface area contributed by atoms with Crippen LogP contribution in [0.1, 0.15) is 44.9 Å². The average Bonchev–Trinajstić information content (AvgIpc) is 2.38. The number of hydrogen-bond donors (Lipinski definition) is 1. The summed E-state index contributed by atoms with van der Waals surface area (Å²) in [5, 5.41) is -0.260. The van der Waals surface area contributed by atoms with Crippen LogP contribution in [-0.2, 0) is 9.53 Å². The second-order valence-corrected chi connectivity index (χ2v) is 7.04. The highest BCUT2D eigenvalue weighted by molar-refractivity contribution is 8.00. The van der Waals surface area contributed by atoms with Gasteiger partial charge in [-0.15, -0.1) is 11.8 Å². The Balaban J connectivity index is 2.77. The molecule has 3 nitrogen and oxygen atoms in total. The molecule has 0 aliphatic heterocycles. The van der Waals surface area contributed by atoms with E-state index >= 15 is 0 Å². The van der Waals surface area contributed by atoms with E-state index in [2.05, 4.69) is 0 Å². The fourth-order valence-corrected chi connectivity index (χ4v) is 3.08. The molecule has 21 heavy (non-hydrogen) atoms. The molecule has 0 heterocycles. The Labute approximate surface area is 130 Å². The van der Waals surface area contributed by atoms with Gasteiger partial charge in [0.2, 0.25) is 0 Å². The molecule has 5 heteroatoms. The third-order valence-corrected chi connectivity index (χ3v) is 4.24. The van der Waals surface area contributed by atoms with Crippen LogP contribution in [0.5, 0.6) is 0 Å². The maximum atomic E-state index is 13.9. The summed E-state index contributed by atoms with van der Waals surface area (Å²) >= 11 is 1.33. The molecule has 1 aromatic rings. The monoisotopic (exact) mass is 313 g/mol. The van der Waals surface area contributed by atoms with Crippen LogP contribution in [0.3, 0.4) is 0 Å². The molecule has 0 spiro atoms. The number of benzene rings is 1. The summed E-state index contributed by atoms with van der Waals surface area (Å²) in [6.07, 6.45) is 0.709. The van der Waals surface area contributed by atoms with Gasteiger partial charge in [0.1, 0.15) is 11.4 Å². The Morgan fingerprint density at radius 3 is 2.52 bits per heavy atom. The molecule has 0 radical (unpaired) electrons. The molecule has 0 aliphatic rings. The number of nitrogens with two attached hydrogens (primary N) is 1. The van der Waals surface area contributed by atoms with E-state index in [-0.39, 0.29) is 28.8 Å². The Hall–Kier alpha value is -1.07. The molecule has 0 amide bonds. The van der Waals surface area contributed by atoms with Gasteiger partial charge >= 0.3 is 5.97 Å². The van der Waals surface area contributed by atoms with Crippen molar-refractivity contribution in [2.24, 2.45) is 5.73 Å². The molecular weight excluding hydrogens is 289 g/mol. The van der Waals surface area contributed by atoms with Crippen LogP contribution < -0.4 is 5.73 Å². The van der Waals surface area contributed by atoms with Crippen LogP contribution in [-0.4, -0.2) is 23.4 Å². The number of esters is 1. The molecular formula is C16H24FNO2S. The van der Waals surface area contributed by atoms with Gasteiger partial charge in [-0.05, 0) is 33.3 Å². The maximum Gasteiger partial charge on any atom is 0.316 e. The van der Waals surface area contributed by atoms with Gasteiger partial charge in [0, 0.05) is 16.9 Å². The lowest BCUT2D eigenvalue weighted by Crippen LogP contribution is -2.29. The molecule has 118 valence electrons. The first-order chi connectivity index (χ1) is 9.74. The lowest BCUT2D eigenvalue weighted by Gasteiger charge is -2.24. The van der Waals surface area contributed by atoms with Gasteiger partial charge in [-0.3, -0.25) is 4.79 Å². The number of halogens is 1. The van der Waals surface area contributed by atoms with Gasteiger partial charge in [-0.2, -0.15) is 0 Å². The number of hydrogen-bond acceptors (Lipinski definition) is 4. The van der Waals surface area contributed by atoms with Crippen molar-refractivity contribution in [2.45, 2.75) is 51.0 Å². The van der Waals surface area contributed by atoms with Crippen molar-refractivity contribution in [1.82, 2.24) is 0 Å². The quantitative estimate of drug-likeness (QED) is 0.814. The van der Waals surface area contributed by atoms with Gasteiger partial charge in [0.15, 0.2) is 0 Å². The fraction of sp³-hybridized carbons (Fsp3) is 0.562. The molecule has 0 saturated carbocycles. The number of thioether (sulfide) groups is 1. The molecule has 2 unspecified atom stereocenters. The minimum atomic E-state index is -0.516. The van der Waals surface area contributed by atoms with Gasteiger partial charge in [-0.25, -0.2) is 4.39 Å². The zero-order valence-corrected chi connectivity index (χ0v) is 13.9. The van der Waals surface area contributed by atoms with Gasteiger partial charge < -0.3 is 10.5 Å². The van der Waals surface area contributed by atoms with E-state index in [0.29, 0.717) is 12.0 Å². The number of carbonyl (C=O) groups excluding carboxylic acids is 1. The summed E-state index contributed by atoms with van der Waals surface area (Å²) in [7, 11) is 0. The first kappa shape index (κ1) is 18.0.